The molecule has 0 N–H and O–H groups in total. The van der Waals surface area contributed by atoms with Gasteiger partial charge in [-0.05, 0) is 141 Å². The van der Waals surface area contributed by atoms with E-state index >= 15 is 0 Å². The van der Waals surface area contributed by atoms with Gasteiger partial charge in [0.15, 0.2) is 5.58 Å². The van der Waals surface area contributed by atoms with Crippen LogP contribution in [-0.2, 0) is 10.8 Å². The molecule has 0 spiro atoms. The highest BCUT2D eigenvalue weighted by Gasteiger charge is 2.41. The van der Waals surface area contributed by atoms with Crippen LogP contribution in [-0.4, -0.2) is 0 Å². The molecule has 10 rings (SSSR count). The smallest absolute Gasteiger partial charge is 0.159 e. The zero-order chi connectivity index (χ0) is 34.1. The molecule has 0 saturated carbocycles. The van der Waals surface area contributed by atoms with Crippen molar-refractivity contribution in [2.75, 3.05) is 4.90 Å². The van der Waals surface area contributed by atoms with E-state index in [1.54, 1.807) is 0 Å². The molecular weight excluding hydrogens is 607 g/mol. The first-order chi connectivity index (χ1) is 24.1. The average molecular weight is 646 g/mol. The Morgan fingerprint density at radius 1 is 0.460 bits per heavy atom. The molecule has 50 heavy (non-hydrogen) atoms. The summed E-state index contributed by atoms with van der Waals surface area (Å²) in [6.45, 7) is 13.9. The lowest BCUT2D eigenvalue weighted by Gasteiger charge is -2.27. The van der Waals surface area contributed by atoms with E-state index < -0.39 is 0 Å². The second-order valence-corrected chi connectivity index (χ2v) is 15.5. The Bertz CT molecular complexity index is 2740. The summed E-state index contributed by atoms with van der Waals surface area (Å²) in [5.41, 5.74) is 18.6. The first kappa shape index (κ1) is 29.3. The van der Waals surface area contributed by atoms with Crippen LogP contribution in [0.5, 0.6) is 0 Å². The van der Waals surface area contributed by atoms with Crippen molar-refractivity contribution in [3.63, 3.8) is 0 Å². The van der Waals surface area contributed by atoms with Gasteiger partial charge in [-0.1, -0.05) is 94.4 Å². The van der Waals surface area contributed by atoms with Crippen molar-refractivity contribution in [2.45, 2.75) is 52.4 Å². The lowest BCUT2D eigenvalue weighted by molar-refractivity contribution is 0.652. The molecule has 2 heteroatoms. The zero-order valence-electron chi connectivity index (χ0n) is 29.5. The third-order valence-electron chi connectivity index (χ3n) is 11.9. The molecule has 0 unspecified atom stereocenters. The molecule has 242 valence electrons. The highest BCUT2D eigenvalue weighted by molar-refractivity contribution is 6.10. The topological polar surface area (TPSA) is 16.4 Å². The fourth-order valence-corrected chi connectivity index (χ4v) is 9.00. The summed E-state index contributed by atoms with van der Waals surface area (Å²) in [6.07, 6.45) is 0. The van der Waals surface area contributed by atoms with Crippen LogP contribution >= 0.6 is 0 Å². The van der Waals surface area contributed by atoms with E-state index in [0.717, 1.165) is 39.0 Å². The van der Waals surface area contributed by atoms with Crippen LogP contribution in [0.4, 0.5) is 17.1 Å². The second-order valence-electron chi connectivity index (χ2n) is 15.5. The molecule has 2 aliphatic rings. The number of hydrogen-bond donors (Lipinski definition) is 0. The monoisotopic (exact) mass is 645 g/mol. The maximum Gasteiger partial charge on any atom is 0.159 e. The van der Waals surface area contributed by atoms with E-state index in [1.807, 2.05) is 6.07 Å². The van der Waals surface area contributed by atoms with E-state index in [-0.39, 0.29) is 10.8 Å². The molecule has 2 aliphatic carbocycles. The van der Waals surface area contributed by atoms with Crippen molar-refractivity contribution in [1.29, 1.82) is 0 Å². The molecule has 2 nitrogen and oxygen atoms in total. The Kier molecular flexibility index (Phi) is 5.86. The van der Waals surface area contributed by atoms with Gasteiger partial charge in [-0.25, -0.2) is 0 Å². The molecule has 1 heterocycles. The lowest BCUT2D eigenvalue weighted by atomic mass is 9.79. The third kappa shape index (κ3) is 3.91. The molecule has 8 aromatic rings. The van der Waals surface area contributed by atoms with Crippen LogP contribution in [0.1, 0.15) is 61.1 Å². The summed E-state index contributed by atoms with van der Waals surface area (Å²) in [5.74, 6) is 0. The van der Waals surface area contributed by atoms with Crippen molar-refractivity contribution in [3.8, 4) is 22.3 Å². The van der Waals surface area contributed by atoms with Crippen LogP contribution < -0.4 is 4.90 Å². The molecule has 0 atom stereocenters. The summed E-state index contributed by atoms with van der Waals surface area (Å²) in [5, 5.41) is 4.76. The van der Waals surface area contributed by atoms with E-state index in [9.17, 15) is 0 Å². The second kappa shape index (κ2) is 9.98. The minimum absolute atomic E-state index is 0.0277. The van der Waals surface area contributed by atoms with Gasteiger partial charge in [0.05, 0.1) is 5.69 Å². The van der Waals surface area contributed by atoms with E-state index in [2.05, 4.69) is 168 Å². The predicted molar refractivity (Wildman–Crippen MR) is 211 cm³/mol. The number of rotatable bonds is 3. The number of furan rings is 1. The van der Waals surface area contributed by atoms with Gasteiger partial charge < -0.3 is 9.32 Å². The van der Waals surface area contributed by atoms with Crippen molar-refractivity contribution in [1.82, 2.24) is 0 Å². The number of aryl methyl sites for hydroxylation is 2. The van der Waals surface area contributed by atoms with E-state index in [0.29, 0.717) is 0 Å². The fraction of sp³-hybridized carbons (Fsp3) is 0.167. The average Bonchev–Trinajstić information content (AvgIpc) is 3.68. The highest BCUT2D eigenvalue weighted by Crippen LogP contribution is 2.56. The van der Waals surface area contributed by atoms with Gasteiger partial charge in [-0.15, -0.1) is 0 Å². The fourth-order valence-electron chi connectivity index (χ4n) is 9.00. The highest BCUT2D eigenvalue weighted by atomic mass is 16.3. The van der Waals surface area contributed by atoms with Crippen molar-refractivity contribution in [3.05, 3.63) is 161 Å². The van der Waals surface area contributed by atoms with Crippen LogP contribution in [0.3, 0.4) is 0 Å². The van der Waals surface area contributed by atoms with E-state index in [1.165, 1.54) is 66.4 Å². The third-order valence-corrected chi connectivity index (χ3v) is 11.9. The minimum Gasteiger partial charge on any atom is -0.454 e. The normalized spacial score (nSPS) is 14.9. The standard InChI is InChI=1S/C48H39NO/c1-28-18-20-32(22-29(28)2)49(44-16-11-14-36-35-13-8-10-17-45(35)50-46(36)44)33-21-19-30-24-37-39-27-42-38(34-12-7-9-15-40(34)47(42,3)4)26-43(39)48(5,6)41(37)25-31(30)23-33/h7-27H,1-6H3. The number of anilines is 3. The van der Waals surface area contributed by atoms with Crippen molar-refractivity contribution in [2.24, 2.45) is 0 Å². The number of fused-ring (bicyclic) bond motifs is 10. The number of benzene rings is 7. The molecule has 1 aromatic heterocycles. The van der Waals surface area contributed by atoms with Crippen LogP contribution in [0.15, 0.2) is 132 Å². The van der Waals surface area contributed by atoms with Gasteiger partial charge in [0.2, 0.25) is 0 Å². The van der Waals surface area contributed by atoms with Gasteiger partial charge >= 0.3 is 0 Å². The molecular formula is C48H39NO. The molecule has 7 aromatic carbocycles. The summed E-state index contributed by atoms with van der Waals surface area (Å²) >= 11 is 0. The Labute approximate surface area is 293 Å². The van der Waals surface area contributed by atoms with Crippen LogP contribution in [0, 0.1) is 13.8 Å². The van der Waals surface area contributed by atoms with E-state index in [4.69, 9.17) is 4.42 Å². The SMILES string of the molecule is Cc1ccc(N(c2ccc3cc4c(cc3c2)C(C)(C)c2cc3c(cc2-4)C(C)(C)c2ccccc2-3)c2cccc3c2oc2ccccc23)cc1C. The largest absolute Gasteiger partial charge is 0.454 e. The molecule has 0 amide bonds. The van der Waals surface area contributed by atoms with Gasteiger partial charge in [0.1, 0.15) is 5.58 Å². The number of para-hydroxylation sites is 2. The van der Waals surface area contributed by atoms with Crippen LogP contribution in [0.2, 0.25) is 0 Å². The molecule has 0 saturated heterocycles. The first-order valence-corrected chi connectivity index (χ1v) is 17.8. The van der Waals surface area contributed by atoms with Crippen molar-refractivity contribution < 1.29 is 4.42 Å². The molecule has 0 bridgehead atoms. The molecule has 0 radical (unpaired) electrons. The van der Waals surface area contributed by atoms with Gasteiger partial charge in [0, 0.05) is 33.0 Å². The van der Waals surface area contributed by atoms with Crippen LogP contribution in [0.25, 0.3) is 55.0 Å². The van der Waals surface area contributed by atoms with Gasteiger partial charge in [-0.2, -0.15) is 0 Å². The Morgan fingerprint density at radius 2 is 1.10 bits per heavy atom. The lowest BCUT2D eigenvalue weighted by Crippen LogP contribution is -2.17. The summed E-state index contributed by atoms with van der Waals surface area (Å²) in [7, 11) is 0. The summed E-state index contributed by atoms with van der Waals surface area (Å²) in [4.78, 5) is 2.37. The summed E-state index contributed by atoms with van der Waals surface area (Å²) in [6, 6.07) is 47.4. The Morgan fingerprint density at radius 3 is 1.92 bits per heavy atom. The minimum atomic E-state index is -0.126. The number of nitrogens with zero attached hydrogens (tertiary/aromatic N) is 1. The van der Waals surface area contributed by atoms with Gasteiger partial charge in [0.25, 0.3) is 0 Å². The quantitative estimate of drug-likeness (QED) is 0.190. The number of hydrogen-bond acceptors (Lipinski definition) is 2. The van der Waals surface area contributed by atoms with Gasteiger partial charge in [-0.3, -0.25) is 0 Å². The van der Waals surface area contributed by atoms with Crippen molar-refractivity contribution >= 4 is 49.8 Å². The predicted octanol–water partition coefficient (Wildman–Crippen LogP) is 13.4. The summed E-state index contributed by atoms with van der Waals surface area (Å²) < 4.78 is 6.60. The first-order valence-electron chi connectivity index (χ1n) is 17.8. The molecule has 0 fully saturated rings. The Balaban J connectivity index is 1.16. The maximum atomic E-state index is 6.60. The Hall–Kier alpha value is -5.60. The molecule has 0 aliphatic heterocycles. The zero-order valence-corrected chi connectivity index (χ0v) is 29.5. The maximum absolute atomic E-state index is 6.60.